The van der Waals surface area contributed by atoms with Crippen LogP contribution in [0.25, 0.3) is 6.08 Å². The Morgan fingerprint density at radius 2 is 1.52 bits per heavy atom. The van der Waals surface area contributed by atoms with Crippen LogP contribution >= 0.6 is 0 Å². The van der Waals surface area contributed by atoms with E-state index in [0.717, 1.165) is 16.7 Å². The molecule has 0 heterocycles. The average molecular weight is 356 g/mol. The predicted octanol–water partition coefficient (Wildman–Crippen LogP) is 5.04. The van der Waals surface area contributed by atoms with E-state index in [0.29, 0.717) is 11.3 Å². The normalized spacial score (nSPS) is 10.7. The summed E-state index contributed by atoms with van der Waals surface area (Å²) in [5.41, 5.74) is 3.55. The lowest BCUT2D eigenvalue weighted by atomic mass is 10.1. The predicted molar refractivity (Wildman–Crippen MR) is 107 cm³/mol. The molecule has 0 aliphatic rings. The number of ether oxygens (including phenoxy) is 1. The molecule has 0 unspecified atom stereocenters. The molecule has 3 aromatic rings. The van der Waals surface area contributed by atoms with Crippen molar-refractivity contribution in [3.05, 3.63) is 107 Å². The third-order valence-electron chi connectivity index (χ3n) is 4.07. The molecule has 0 bridgehead atoms. The van der Waals surface area contributed by atoms with Gasteiger partial charge < -0.3 is 4.74 Å². The van der Waals surface area contributed by atoms with Crippen LogP contribution in [0.5, 0.6) is 5.75 Å². The Morgan fingerprint density at radius 3 is 2.19 bits per heavy atom. The van der Waals surface area contributed by atoms with Crippen molar-refractivity contribution in [1.29, 1.82) is 0 Å². The van der Waals surface area contributed by atoms with Crippen LogP contribution in [-0.4, -0.2) is 11.8 Å². The van der Waals surface area contributed by atoms with Gasteiger partial charge in [-0.3, -0.25) is 9.59 Å². The number of esters is 1. The number of aryl methyl sites for hydroxylation is 1. The average Bonchev–Trinajstić information content (AvgIpc) is 2.68. The number of rotatable bonds is 6. The summed E-state index contributed by atoms with van der Waals surface area (Å²) in [5.74, 6) is 0.130. The molecule has 0 saturated heterocycles. The van der Waals surface area contributed by atoms with E-state index in [1.165, 1.54) is 0 Å². The van der Waals surface area contributed by atoms with Crippen molar-refractivity contribution in [2.24, 2.45) is 0 Å². The summed E-state index contributed by atoms with van der Waals surface area (Å²) in [6.45, 7) is 1.98. The molecule has 0 spiro atoms. The lowest BCUT2D eigenvalue weighted by Gasteiger charge is -2.05. The Kier molecular flexibility index (Phi) is 5.95. The Morgan fingerprint density at radius 1 is 0.852 bits per heavy atom. The zero-order valence-electron chi connectivity index (χ0n) is 15.1. The molecule has 0 radical (unpaired) electrons. The van der Waals surface area contributed by atoms with Crippen LogP contribution in [0.15, 0.2) is 84.9 Å². The Balaban J connectivity index is 1.57. The second kappa shape index (κ2) is 8.77. The first-order chi connectivity index (χ1) is 13.1. The molecule has 134 valence electrons. The van der Waals surface area contributed by atoms with Gasteiger partial charge in [0.15, 0.2) is 5.78 Å². The smallest absolute Gasteiger partial charge is 0.315 e. The maximum Gasteiger partial charge on any atom is 0.315 e. The number of benzene rings is 3. The molecule has 3 heteroatoms. The van der Waals surface area contributed by atoms with Crippen LogP contribution in [0.2, 0.25) is 0 Å². The number of ketones is 1. The second-order valence-electron chi connectivity index (χ2n) is 6.27. The third kappa shape index (κ3) is 5.51. The summed E-state index contributed by atoms with van der Waals surface area (Å²) >= 11 is 0. The third-order valence-corrected chi connectivity index (χ3v) is 4.07. The van der Waals surface area contributed by atoms with E-state index < -0.39 is 0 Å². The molecular formula is C24H20O3. The van der Waals surface area contributed by atoms with Crippen LogP contribution in [-0.2, 0) is 11.2 Å². The summed E-state index contributed by atoms with van der Waals surface area (Å²) in [6.07, 6.45) is 3.52. The molecule has 3 aromatic carbocycles. The van der Waals surface area contributed by atoms with Crippen molar-refractivity contribution in [1.82, 2.24) is 0 Å². The molecule has 0 aromatic heterocycles. The zero-order valence-corrected chi connectivity index (χ0v) is 15.1. The van der Waals surface area contributed by atoms with Crippen LogP contribution < -0.4 is 4.74 Å². The van der Waals surface area contributed by atoms with Gasteiger partial charge in [-0.2, -0.15) is 0 Å². The number of allylic oxidation sites excluding steroid dienone is 1. The maximum absolute atomic E-state index is 12.2. The van der Waals surface area contributed by atoms with Gasteiger partial charge in [-0.05, 0) is 36.3 Å². The minimum Gasteiger partial charge on any atom is -0.426 e. The standard InChI is InChI=1S/C24H20O3/c1-18-7-12-21(13-8-18)23(25)16-11-19-9-14-22(15-10-19)27-24(26)17-20-5-3-2-4-6-20/h2-16H,17H2,1H3. The Hall–Kier alpha value is -3.46. The monoisotopic (exact) mass is 356 g/mol. The summed E-state index contributed by atoms with van der Waals surface area (Å²) in [5, 5.41) is 0. The number of hydrogen-bond donors (Lipinski definition) is 0. The quantitative estimate of drug-likeness (QED) is 0.269. The van der Waals surface area contributed by atoms with Gasteiger partial charge in [-0.15, -0.1) is 0 Å². The Bertz CT molecular complexity index is 937. The van der Waals surface area contributed by atoms with Gasteiger partial charge in [0.1, 0.15) is 5.75 Å². The van der Waals surface area contributed by atoms with Gasteiger partial charge in [0.2, 0.25) is 0 Å². The summed E-state index contributed by atoms with van der Waals surface area (Å²) in [4.78, 5) is 24.1. The van der Waals surface area contributed by atoms with E-state index in [2.05, 4.69) is 0 Å². The molecule has 27 heavy (non-hydrogen) atoms. The molecule has 0 amide bonds. The number of carbonyl (C=O) groups is 2. The highest BCUT2D eigenvalue weighted by Gasteiger charge is 2.06. The highest BCUT2D eigenvalue weighted by atomic mass is 16.5. The summed E-state index contributed by atoms with van der Waals surface area (Å²) in [6, 6.07) is 24.0. The van der Waals surface area contributed by atoms with E-state index in [4.69, 9.17) is 4.74 Å². The molecule has 0 saturated carbocycles. The molecule has 0 aliphatic heterocycles. The van der Waals surface area contributed by atoms with Crippen LogP contribution in [0.3, 0.4) is 0 Å². The summed E-state index contributed by atoms with van der Waals surface area (Å²) < 4.78 is 5.35. The van der Waals surface area contributed by atoms with Crippen molar-refractivity contribution in [2.75, 3.05) is 0 Å². The van der Waals surface area contributed by atoms with Crippen molar-refractivity contribution >= 4 is 17.8 Å². The molecule has 3 rings (SSSR count). The SMILES string of the molecule is Cc1ccc(C(=O)C=Cc2ccc(OC(=O)Cc3ccccc3)cc2)cc1. The molecule has 3 nitrogen and oxygen atoms in total. The van der Waals surface area contributed by atoms with E-state index in [9.17, 15) is 9.59 Å². The van der Waals surface area contributed by atoms with Crippen molar-refractivity contribution in [2.45, 2.75) is 13.3 Å². The maximum atomic E-state index is 12.2. The molecule has 0 N–H and O–H groups in total. The largest absolute Gasteiger partial charge is 0.426 e. The van der Waals surface area contributed by atoms with Crippen LogP contribution in [0, 0.1) is 6.92 Å². The zero-order chi connectivity index (χ0) is 19.1. The van der Waals surface area contributed by atoms with Crippen molar-refractivity contribution < 1.29 is 14.3 Å². The number of carbonyl (C=O) groups excluding carboxylic acids is 2. The lowest BCUT2D eigenvalue weighted by Crippen LogP contribution is -2.11. The first kappa shape index (κ1) is 18.3. The lowest BCUT2D eigenvalue weighted by molar-refractivity contribution is -0.133. The van der Waals surface area contributed by atoms with Gasteiger partial charge >= 0.3 is 5.97 Å². The fourth-order valence-corrected chi connectivity index (χ4v) is 2.56. The first-order valence-electron chi connectivity index (χ1n) is 8.74. The van der Waals surface area contributed by atoms with E-state index in [1.54, 1.807) is 24.3 Å². The van der Waals surface area contributed by atoms with Gasteiger partial charge in [0.25, 0.3) is 0 Å². The highest BCUT2D eigenvalue weighted by Crippen LogP contribution is 2.15. The van der Waals surface area contributed by atoms with Crippen molar-refractivity contribution in [3.63, 3.8) is 0 Å². The van der Waals surface area contributed by atoms with E-state index in [1.807, 2.05) is 73.7 Å². The first-order valence-corrected chi connectivity index (χ1v) is 8.74. The highest BCUT2D eigenvalue weighted by molar-refractivity contribution is 6.06. The minimum absolute atomic E-state index is 0.0478. The summed E-state index contributed by atoms with van der Waals surface area (Å²) in [7, 11) is 0. The van der Waals surface area contributed by atoms with E-state index >= 15 is 0 Å². The van der Waals surface area contributed by atoms with Gasteiger partial charge in [0, 0.05) is 5.56 Å². The fraction of sp³-hybridized carbons (Fsp3) is 0.0833. The fourth-order valence-electron chi connectivity index (χ4n) is 2.56. The molecule has 0 aliphatic carbocycles. The van der Waals surface area contributed by atoms with Crippen LogP contribution in [0.1, 0.15) is 27.0 Å². The van der Waals surface area contributed by atoms with Crippen LogP contribution in [0.4, 0.5) is 0 Å². The molecular weight excluding hydrogens is 336 g/mol. The number of hydrogen-bond acceptors (Lipinski definition) is 3. The van der Waals surface area contributed by atoms with Crippen molar-refractivity contribution in [3.8, 4) is 5.75 Å². The Labute approximate surface area is 158 Å². The van der Waals surface area contributed by atoms with Gasteiger partial charge in [-0.25, -0.2) is 0 Å². The second-order valence-corrected chi connectivity index (χ2v) is 6.27. The topological polar surface area (TPSA) is 43.4 Å². The van der Waals surface area contributed by atoms with Gasteiger partial charge in [0.05, 0.1) is 6.42 Å². The minimum atomic E-state index is -0.306. The van der Waals surface area contributed by atoms with Gasteiger partial charge in [-0.1, -0.05) is 78.4 Å². The molecule has 0 fully saturated rings. The van der Waals surface area contributed by atoms with E-state index in [-0.39, 0.29) is 18.2 Å². The molecule has 0 atom stereocenters.